The summed E-state index contributed by atoms with van der Waals surface area (Å²) < 4.78 is 34.6. The van der Waals surface area contributed by atoms with Crippen LogP contribution in [0.2, 0.25) is 0 Å². The van der Waals surface area contributed by atoms with Crippen LogP contribution in [0.15, 0.2) is 70.5 Å². The molecule has 3 aromatic rings. The van der Waals surface area contributed by atoms with Crippen molar-refractivity contribution in [2.75, 3.05) is 11.9 Å². The van der Waals surface area contributed by atoms with E-state index in [4.69, 9.17) is 4.74 Å². The maximum atomic E-state index is 13.6. The molecule has 1 N–H and O–H groups in total. The number of carbonyl (C=O) groups is 1. The highest BCUT2D eigenvalue weighted by atomic mass is 32.2. The highest BCUT2D eigenvalue weighted by Crippen LogP contribution is 2.36. The summed E-state index contributed by atoms with van der Waals surface area (Å²) in [4.78, 5) is 13.2. The molecular weight excluding hydrogens is 412 g/mol. The molecule has 0 aliphatic carbocycles. The Bertz CT molecular complexity index is 1180. The standard InChI is InChI=1S/C24H26N2O4S/c1-17-18(2)26(16-19-10-5-3-6-11-19)23(25-24(27)21-14-9-15-30-21)22(17)31(28,29)20-12-7-4-8-13-20/h3-8,10-13,21H,9,14-16H2,1-2H3,(H,25,27)/t21-/m1/s1. The van der Waals surface area contributed by atoms with Gasteiger partial charge in [-0.3, -0.25) is 4.79 Å². The van der Waals surface area contributed by atoms with Gasteiger partial charge in [0.2, 0.25) is 9.84 Å². The minimum Gasteiger partial charge on any atom is -0.368 e. The van der Waals surface area contributed by atoms with E-state index in [0.717, 1.165) is 17.7 Å². The van der Waals surface area contributed by atoms with E-state index in [1.807, 2.05) is 41.8 Å². The lowest BCUT2D eigenvalue weighted by Crippen LogP contribution is -2.29. The molecule has 1 fully saturated rings. The van der Waals surface area contributed by atoms with E-state index in [1.165, 1.54) is 0 Å². The van der Waals surface area contributed by atoms with Crippen molar-refractivity contribution in [3.8, 4) is 0 Å². The minimum atomic E-state index is -3.84. The number of amides is 1. The number of carbonyl (C=O) groups excluding carboxylic acids is 1. The van der Waals surface area contributed by atoms with Crippen molar-refractivity contribution < 1.29 is 17.9 Å². The normalized spacial score (nSPS) is 16.4. The average molecular weight is 439 g/mol. The number of sulfone groups is 1. The van der Waals surface area contributed by atoms with Gasteiger partial charge in [-0.25, -0.2) is 8.42 Å². The summed E-state index contributed by atoms with van der Waals surface area (Å²) >= 11 is 0. The molecule has 6 nitrogen and oxygen atoms in total. The van der Waals surface area contributed by atoms with Crippen LogP contribution in [0.4, 0.5) is 5.82 Å². The lowest BCUT2D eigenvalue weighted by molar-refractivity contribution is -0.124. The van der Waals surface area contributed by atoms with Crippen molar-refractivity contribution in [1.82, 2.24) is 4.57 Å². The zero-order valence-electron chi connectivity index (χ0n) is 17.7. The summed E-state index contributed by atoms with van der Waals surface area (Å²) in [5.74, 6) is -0.0166. The van der Waals surface area contributed by atoms with Gasteiger partial charge in [0.05, 0.1) is 4.90 Å². The van der Waals surface area contributed by atoms with Crippen LogP contribution in [0.1, 0.15) is 29.7 Å². The van der Waals surface area contributed by atoms with E-state index in [1.54, 1.807) is 37.3 Å². The highest BCUT2D eigenvalue weighted by Gasteiger charge is 2.32. The number of hydrogen-bond donors (Lipinski definition) is 1. The first kappa shape index (κ1) is 21.3. The van der Waals surface area contributed by atoms with Gasteiger partial charge >= 0.3 is 0 Å². The molecule has 0 radical (unpaired) electrons. The summed E-state index contributed by atoms with van der Waals surface area (Å²) in [7, 11) is -3.84. The van der Waals surface area contributed by atoms with Crippen molar-refractivity contribution in [3.05, 3.63) is 77.5 Å². The van der Waals surface area contributed by atoms with Gasteiger partial charge in [0.25, 0.3) is 5.91 Å². The van der Waals surface area contributed by atoms with E-state index in [9.17, 15) is 13.2 Å². The average Bonchev–Trinajstić information content (AvgIpc) is 3.39. The van der Waals surface area contributed by atoms with Crippen LogP contribution >= 0.6 is 0 Å². The molecule has 1 saturated heterocycles. The molecule has 1 aromatic heterocycles. The molecular formula is C24H26N2O4S. The predicted molar refractivity (Wildman–Crippen MR) is 119 cm³/mol. The molecule has 1 amide bonds. The van der Waals surface area contributed by atoms with Gasteiger partial charge < -0.3 is 14.6 Å². The molecule has 1 aliphatic rings. The Kier molecular flexibility index (Phi) is 5.98. The number of benzene rings is 2. The largest absolute Gasteiger partial charge is 0.368 e. The molecule has 1 aliphatic heterocycles. The Hall–Kier alpha value is -2.90. The highest BCUT2D eigenvalue weighted by molar-refractivity contribution is 7.91. The van der Waals surface area contributed by atoms with Gasteiger partial charge in [-0.05, 0) is 49.9 Å². The monoisotopic (exact) mass is 438 g/mol. The zero-order chi connectivity index (χ0) is 22.0. The number of nitrogens with zero attached hydrogens (tertiary/aromatic N) is 1. The second-order valence-electron chi connectivity index (χ2n) is 7.77. The molecule has 2 heterocycles. The first-order valence-electron chi connectivity index (χ1n) is 10.4. The second-order valence-corrected chi connectivity index (χ2v) is 9.65. The third-order valence-electron chi connectivity index (χ3n) is 5.74. The summed E-state index contributed by atoms with van der Waals surface area (Å²) in [6, 6.07) is 18.1. The number of anilines is 1. The van der Waals surface area contributed by atoms with E-state index >= 15 is 0 Å². The summed E-state index contributed by atoms with van der Waals surface area (Å²) in [5, 5.41) is 2.90. The quantitative estimate of drug-likeness (QED) is 0.628. The first-order valence-corrected chi connectivity index (χ1v) is 11.8. The SMILES string of the molecule is Cc1c(S(=O)(=O)c2ccccc2)c(NC(=O)[C@H]2CCCO2)n(Cc2ccccc2)c1C. The van der Waals surface area contributed by atoms with Crippen molar-refractivity contribution in [2.45, 2.75) is 49.1 Å². The molecule has 31 heavy (non-hydrogen) atoms. The van der Waals surface area contributed by atoms with Gasteiger partial charge in [-0.15, -0.1) is 0 Å². The van der Waals surface area contributed by atoms with Gasteiger partial charge in [0.15, 0.2) is 0 Å². The summed E-state index contributed by atoms with van der Waals surface area (Å²) in [6.45, 7) is 4.65. The maximum Gasteiger partial charge on any atom is 0.254 e. The van der Waals surface area contributed by atoms with E-state index in [0.29, 0.717) is 31.0 Å². The van der Waals surface area contributed by atoms with Crippen LogP contribution in [-0.4, -0.2) is 31.6 Å². The van der Waals surface area contributed by atoms with E-state index in [-0.39, 0.29) is 15.7 Å². The lowest BCUT2D eigenvalue weighted by atomic mass is 10.2. The predicted octanol–water partition coefficient (Wildman–Crippen LogP) is 4.10. The topological polar surface area (TPSA) is 77.4 Å². The number of ether oxygens (including phenoxy) is 1. The molecule has 0 saturated carbocycles. The first-order chi connectivity index (χ1) is 14.9. The smallest absolute Gasteiger partial charge is 0.254 e. The molecule has 0 bridgehead atoms. The molecule has 4 rings (SSSR count). The Morgan fingerprint density at radius 3 is 2.32 bits per heavy atom. The molecule has 7 heteroatoms. The zero-order valence-corrected chi connectivity index (χ0v) is 18.5. The number of nitrogens with one attached hydrogen (secondary N) is 1. The lowest BCUT2D eigenvalue weighted by Gasteiger charge is -2.16. The van der Waals surface area contributed by atoms with Crippen molar-refractivity contribution in [3.63, 3.8) is 0 Å². The Labute approximate surface area is 182 Å². The van der Waals surface area contributed by atoms with Crippen molar-refractivity contribution in [1.29, 1.82) is 0 Å². The fourth-order valence-electron chi connectivity index (χ4n) is 3.95. The van der Waals surface area contributed by atoms with Gasteiger partial charge in [-0.2, -0.15) is 0 Å². The van der Waals surface area contributed by atoms with Gasteiger partial charge in [0, 0.05) is 18.8 Å². The Morgan fingerprint density at radius 2 is 1.71 bits per heavy atom. The van der Waals surface area contributed by atoms with Gasteiger partial charge in [0.1, 0.15) is 16.8 Å². The maximum absolute atomic E-state index is 13.6. The fraction of sp³-hybridized carbons (Fsp3) is 0.292. The molecule has 0 spiro atoms. The number of aromatic nitrogens is 1. The second kappa shape index (κ2) is 8.69. The van der Waals surface area contributed by atoms with Crippen LogP contribution in [0, 0.1) is 13.8 Å². The fourth-order valence-corrected chi connectivity index (χ4v) is 5.67. The van der Waals surface area contributed by atoms with Crippen molar-refractivity contribution in [2.24, 2.45) is 0 Å². The molecule has 2 aromatic carbocycles. The Morgan fingerprint density at radius 1 is 1.06 bits per heavy atom. The van der Waals surface area contributed by atoms with E-state index in [2.05, 4.69) is 5.32 Å². The van der Waals surface area contributed by atoms with Gasteiger partial charge in [-0.1, -0.05) is 48.5 Å². The van der Waals surface area contributed by atoms with Crippen molar-refractivity contribution >= 4 is 21.6 Å². The van der Waals surface area contributed by atoms with Crippen LogP contribution in [0.5, 0.6) is 0 Å². The Balaban J connectivity index is 1.85. The number of rotatable bonds is 6. The van der Waals surface area contributed by atoms with Crippen LogP contribution in [0.25, 0.3) is 0 Å². The van der Waals surface area contributed by atoms with Crippen LogP contribution in [-0.2, 0) is 25.9 Å². The molecule has 162 valence electrons. The minimum absolute atomic E-state index is 0.137. The number of hydrogen-bond acceptors (Lipinski definition) is 4. The summed E-state index contributed by atoms with van der Waals surface area (Å²) in [6.07, 6.45) is 0.883. The van der Waals surface area contributed by atoms with Crippen LogP contribution < -0.4 is 5.32 Å². The summed E-state index contributed by atoms with van der Waals surface area (Å²) in [5.41, 5.74) is 2.43. The third-order valence-corrected chi connectivity index (χ3v) is 7.67. The molecule has 1 atom stereocenters. The van der Waals surface area contributed by atoms with E-state index < -0.39 is 15.9 Å². The molecule has 0 unspecified atom stereocenters. The third kappa shape index (κ3) is 4.16. The van der Waals surface area contributed by atoms with Crippen LogP contribution in [0.3, 0.4) is 0 Å².